The third-order valence-electron chi connectivity index (χ3n) is 6.55. The lowest BCUT2D eigenvalue weighted by molar-refractivity contribution is -0.127. The number of rotatable bonds is 8. The number of nitrogens with zero attached hydrogens (tertiary/aromatic N) is 3. The molecule has 9 heteroatoms. The maximum Gasteiger partial charge on any atom is 0.273 e. The molecule has 2 aliphatic rings. The largest absolute Gasteiger partial charge is 0.493 e. The second-order valence-electron chi connectivity index (χ2n) is 8.50. The number of aromatic nitrogens is 1. The van der Waals surface area contributed by atoms with Crippen LogP contribution >= 0.6 is 11.3 Å². The number of piperidine rings is 2. The minimum atomic E-state index is 0.0303. The van der Waals surface area contributed by atoms with Crippen molar-refractivity contribution in [1.82, 2.24) is 14.8 Å². The molecule has 34 heavy (non-hydrogen) atoms. The summed E-state index contributed by atoms with van der Waals surface area (Å²) >= 11 is 1.55. The number of thiazole rings is 1. The van der Waals surface area contributed by atoms with Gasteiger partial charge >= 0.3 is 0 Å². The zero-order valence-electron chi connectivity index (χ0n) is 20.1. The monoisotopic (exact) mass is 487 g/mol. The van der Waals surface area contributed by atoms with Crippen molar-refractivity contribution in [2.75, 3.05) is 47.5 Å². The summed E-state index contributed by atoms with van der Waals surface area (Å²) in [6, 6.07) is 4.20. The number of ether oxygens (including phenoxy) is 4. The van der Waals surface area contributed by atoms with Crippen LogP contribution in [0.25, 0.3) is 6.08 Å². The third kappa shape index (κ3) is 5.82. The van der Waals surface area contributed by atoms with Crippen LogP contribution in [-0.4, -0.2) is 80.3 Å². The molecule has 2 saturated heterocycles. The molecule has 184 valence electrons. The van der Waals surface area contributed by atoms with Crippen LogP contribution in [0.4, 0.5) is 0 Å². The van der Waals surface area contributed by atoms with Crippen LogP contribution in [0.1, 0.15) is 31.2 Å². The van der Waals surface area contributed by atoms with Gasteiger partial charge in [-0.05, 0) is 49.5 Å². The molecule has 1 aromatic carbocycles. The van der Waals surface area contributed by atoms with E-state index in [0.717, 1.165) is 62.6 Å². The fourth-order valence-electron chi connectivity index (χ4n) is 4.69. The van der Waals surface area contributed by atoms with Gasteiger partial charge in [0, 0.05) is 49.9 Å². The number of carbonyl (C=O) groups is 1. The minimum Gasteiger partial charge on any atom is -0.493 e. The van der Waals surface area contributed by atoms with E-state index in [9.17, 15) is 4.79 Å². The Hall–Kier alpha value is -2.78. The molecule has 4 rings (SSSR count). The number of benzene rings is 1. The summed E-state index contributed by atoms with van der Waals surface area (Å²) in [7, 11) is 4.73. The van der Waals surface area contributed by atoms with E-state index in [0.29, 0.717) is 23.3 Å². The van der Waals surface area contributed by atoms with Crippen LogP contribution in [0.2, 0.25) is 0 Å². The van der Waals surface area contributed by atoms with Crippen molar-refractivity contribution in [2.24, 2.45) is 0 Å². The quantitative estimate of drug-likeness (QED) is 0.526. The lowest BCUT2D eigenvalue weighted by atomic mass is 9.99. The van der Waals surface area contributed by atoms with Gasteiger partial charge < -0.3 is 23.8 Å². The van der Waals surface area contributed by atoms with Crippen molar-refractivity contribution >= 4 is 23.3 Å². The summed E-state index contributed by atoms with van der Waals surface area (Å²) < 4.78 is 22.1. The van der Waals surface area contributed by atoms with E-state index in [1.807, 2.05) is 22.4 Å². The Kier molecular flexibility index (Phi) is 8.29. The SMILES string of the molecule is COc1cc(/C=C/C(=O)N2CCC(N3CCC(Oc4nccs4)CC3)CC2)cc(OC)c1OC. The first-order valence-corrected chi connectivity index (χ1v) is 12.6. The highest BCUT2D eigenvalue weighted by atomic mass is 32.1. The summed E-state index contributed by atoms with van der Waals surface area (Å²) in [5, 5.41) is 2.71. The lowest BCUT2D eigenvalue weighted by Crippen LogP contribution is -2.49. The van der Waals surface area contributed by atoms with Crippen molar-refractivity contribution in [1.29, 1.82) is 0 Å². The van der Waals surface area contributed by atoms with Crippen molar-refractivity contribution < 1.29 is 23.7 Å². The number of hydrogen-bond acceptors (Lipinski definition) is 8. The number of amides is 1. The Labute approximate surface area is 205 Å². The van der Waals surface area contributed by atoms with Gasteiger partial charge in [0.25, 0.3) is 5.19 Å². The summed E-state index contributed by atoms with van der Waals surface area (Å²) in [4.78, 5) is 21.5. The van der Waals surface area contributed by atoms with E-state index in [1.165, 1.54) is 0 Å². The molecule has 0 saturated carbocycles. The van der Waals surface area contributed by atoms with Gasteiger partial charge in [0.05, 0.1) is 21.3 Å². The van der Waals surface area contributed by atoms with Gasteiger partial charge in [0.15, 0.2) is 11.5 Å². The van der Waals surface area contributed by atoms with Gasteiger partial charge in [0.1, 0.15) is 6.10 Å². The van der Waals surface area contributed by atoms with Crippen molar-refractivity contribution in [3.63, 3.8) is 0 Å². The van der Waals surface area contributed by atoms with Gasteiger partial charge in [-0.15, -0.1) is 0 Å². The highest BCUT2D eigenvalue weighted by Crippen LogP contribution is 2.38. The third-order valence-corrected chi connectivity index (χ3v) is 7.21. The first-order chi connectivity index (χ1) is 16.6. The summed E-state index contributed by atoms with van der Waals surface area (Å²) in [5.41, 5.74) is 0.820. The van der Waals surface area contributed by atoms with E-state index in [2.05, 4.69) is 9.88 Å². The molecule has 1 amide bonds. The highest BCUT2D eigenvalue weighted by molar-refractivity contribution is 7.11. The van der Waals surface area contributed by atoms with Crippen LogP contribution < -0.4 is 18.9 Å². The molecule has 1 aromatic heterocycles. The van der Waals surface area contributed by atoms with Crippen LogP contribution in [0.15, 0.2) is 29.8 Å². The Morgan fingerprint density at radius 1 is 1.00 bits per heavy atom. The van der Waals surface area contributed by atoms with Gasteiger partial charge in [0.2, 0.25) is 11.7 Å². The molecule has 0 atom stereocenters. The smallest absolute Gasteiger partial charge is 0.273 e. The summed E-state index contributed by atoms with van der Waals surface area (Å²) in [6.07, 6.45) is 9.51. The zero-order valence-corrected chi connectivity index (χ0v) is 20.9. The maximum absolute atomic E-state index is 12.8. The molecule has 0 N–H and O–H groups in total. The van der Waals surface area contributed by atoms with Crippen molar-refractivity contribution in [3.8, 4) is 22.4 Å². The van der Waals surface area contributed by atoms with Crippen LogP contribution in [0.5, 0.6) is 22.4 Å². The molecular formula is C25H33N3O5S. The zero-order chi connectivity index (χ0) is 23.9. The summed E-state index contributed by atoms with van der Waals surface area (Å²) in [5.74, 6) is 1.70. The molecule has 3 heterocycles. The van der Waals surface area contributed by atoms with Crippen LogP contribution in [0.3, 0.4) is 0 Å². The molecule has 0 unspecified atom stereocenters. The average molecular weight is 488 g/mol. The lowest BCUT2D eigenvalue weighted by Gasteiger charge is -2.41. The first-order valence-electron chi connectivity index (χ1n) is 11.7. The molecule has 8 nitrogen and oxygen atoms in total. The highest BCUT2D eigenvalue weighted by Gasteiger charge is 2.30. The minimum absolute atomic E-state index is 0.0303. The molecule has 2 aliphatic heterocycles. The number of likely N-dealkylation sites (tertiary alicyclic amines) is 2. The molecular weight excluding hydrogens is 454 g/mol. The van der Waals surface area contributed by atoms with E-state index < -0.39 is 0 Å². The van der Waals surface area contributed by atoms with Gasteiger partial charge in [-0.25, -0.2) is 4.98 Å². The van der Waals surface area contributed by atoms with Crippen LogP contribution in [0, 0.1) is 0 Å². The number of carbonyl (C=O) groups excluding carboxylic acids is 1. The molecule has 0 spiro atoms. The Bertz CT molecular complexity index is 940. The van der Waals surface area contributed by atoms with Crippen LogP contribution in [-0.2, 0) is 4.79 Å². The fourth-order valence-corrected chi connectivity index (χ4v) is 5.24. The Morgan fingerprint density at radius 3 is 2.24 bits per heavy atom. The fraction of sp³-hybridized carbons (Fsp3) is 0.520. The van der Waals surface area contributed by atoms with E-state index in [4.69, 9.17) is 18.9 Å². The van der Waals surface area contributed by atoms with Gasteiger partial charge in [-0.3, -0.25) is 9.69 Å². The van der Waals surface area contributed by atoms with E-state index in [1.54, 1.807) is 51.0 Å². The molecule has 0 radical (unpaired) electrons. The van der Waals surface area contributed by atoms with E-state index in [-0.39, 0.29) is 12.0 Å². The normalized spacial score (nSPS) is 18.3. The molecule has 2 aromatic rings. The Morgan fingerprint density at radius 2 is 1.68 bits per heavy atom. The summed E-state index contributed by atoms with van der Waals surface area (Å²) in [6.45, 7) is 3.63. The van der Waals surface area contributed by atoms with Gasteiger partial charge in [-0.2, -0.15) is 0 Å². The first kappa shape index (κ1) is 24.3. The predicted octanol–water partition coefficient (Wildman–Crippen LogP) is 3.72. The standard InChI is InChI=1S/C25H33N3O5S/c1-30-21-16-18(17-22(31-2)24(21)32-3)4-5-23(29)28-11-6-19(7-12-28)27-13-8-20(9-14-27)33-25-26-10-15-34-25/h4-5,10,15-17,19-20H,6-9,11-14H2,1-3H3/b5-4+. The number of hydrogen-bond donors (Lipinski definition) is 0. The topological polar surface area (TPSA) is 73.4 Å². The average Bonchev–Trinajstić information content (AvgIpc) is 3.40. The Balaban J connectivity index is 1.26. The second kappa shape index (κ2) is 11.6. The van der Waals surface area contributed by atoms with Crippen molar-refractivity contribution in [2.45, 2.75) is 37.8 Å². The molecule has 0 bridgehead atoms. The second-order valence-corrected chi connectivity index (χ2v) is 9.36. The van der Waals surface area contributed by atoms with Gasteiger partial charge in [-0.1, -0.05) is 11.3 Å². The molecule has 0 aliphatic carbocycles. The van der Waals surface area contributed by atoms with Crippen molar-refractivity contribution in [3.05, 3.63) is 35.3 Å². The maximum atomic E-state index is 12.8. The molecule has 2 fully saturated rings. The van der Waals surface area contributed by atoms with E-state index >= 15 is 0 Å². The predicted molar refractivity (Wildman–Crippen MR) is 132 cm³/mol. The number of methoxy groups -OCH3 is 3.